The van der Waals surface area contributed by atoms with Crippen LogP contribution in [0.2, 0.25) is 0 Å². The van der Waals surface area contributed by atoms with E-state index < -0.39 is 0 Å². The molecule has 2 heterocycles. The summed E-state index contributed by atoms with van der Waals surface area (Å²) in [6.07, 6.45) is 0. The number of hydrogen-bond donors (Lipinski definition) is 1. The van der Waals surface area contributed by atoms with Gasteiger partial charge in [-0.15, -0.1) is 0 Å². The molecule has 0 aliphatic carbocycles. The highest BCUT2D eigenvalue weighted by Crippen LogP contribution is 2.26. The van der Waals surface area contributed by atoms with Crippen LogP contribution in [0.15, 0.2) is 48.5 Å². The van der Waals surface area contributed by atoms with Gasteiger partial charge in [0.25, 0.3) is 0 Å². The molecule has 2 amide bonds. The minimum Gasteiger partial charge on any atom is -0.378 e. The lowest BCUT2D eigenvalue weighted by atomic mass is 10.2. The number of piperazine rings is 1. The SMILES string of the molecule is O=C(Nc1ccccc1N1CCOCC1)N1CCN(Cc2ccccc2F)CC1. The van der Waals surface area contributed by atoms with Crippen LogP contribution in [0, 0.1) is 5.82 Å². The summed E-state index contributed by atoms with van der Waals surface area (Å²) in [7, 11) is 0. The number of carbonyl (C=O) groups excluding carboxylic acids is 1. The molecule has 2 saturated heterocycles. The van der Waals surface area contributed by atoms with E-state index in [9.17, 15) is 9.18 Å². The van der Waals surface area contributed by atoms with Gasteiger partial charge >= 0.3 is 6.03 Å². The zero-order valence-corrected chi connectivity index (χ0v) is 16.5. The molecule has 2 aliphatic rings. The van der Waals surface area contributed by atoms with Gasteiger partial charge in [-0.25, -0.2) is 9.18 Å². The average molecular weight is 398 g/mol. The second-order valence-electron chi connectivity index (χ2n) is 7.40. The molecule has 4 rings (SSSR count). The predicted molar refractivity (Wildman–Crippen MR) is 112 cm³/mol. The lowest BCUT2D eigenvalue weighted by molar-refractivity contribution is 0.123. The molecule has 6 nitrogen and oxygen atoms in total. The molecule has 0 radical (unpaired) electrons. The van der Waals surface area contributed by atoms with Crippen LogP contribution in [-0.2, 0) is 11.3 Å². The molecule has 2 aromatic rings. The van der Waals surface area contributed by atoms with Crippen LogP contribution in [0.1, 0.15) is 5.56 Å². The summed E-state index contributed by atoms with van der Waals surface area (Å²) in [6, 6.07) is 14.7. The number of nitrogens with zero attached hydrogens (tertiary/aromatic N) is 3. The second-order valence-corrected chi connectivity index (χ2v) is 7.40. The van der Waals surface area contributed by atoms with Crippen molar-refractivity contribution >= 4 is 17.4 Å². The zero-order valence-electron chi connectivity index (χ0n) is 16.5. The van der Waals surface area contributed by atoms with Gasteiger partial charge in [-0.2, -0.15) is 0 Å². The van der Waals surface area contributed by atoms with E-state index in [0.717, 1.165) is 37.6 Å². The molecule has 0 unspecified atom stereocenters. The number of para-hydroxylation sites is 2. The average Bonchev–Trinajstić information content (AvgIpc) is 2.77. The van der Waals surface area contributed by atoms with E-state index in [-0.39, 0.29) is 11.8 Å². The Morgan fingerprint density at radius 2 is 1.62 bits per heavy atom. The van der Waals surface area contributed by atoms with Gasteiger partial charge in [-0.3, -0.25) is 4.90 Å². The summed E-state index contributed by atoms with van der Waals surface area (Å²) in [5.41, 5.74) is 2.56. The lowest BCUT2D eigenvalue weighted by Crippen LogP contribution is -2.49. The predicted octanol–water partition coefficient (Wildman–Crippen LogP) is 3.01. The van der Waals surface area contributed by atoms with Crippen LogP contribution in [0.3, 0.4) is 0 Å². The first kappa shape index (κ1) is 19.7. The number of nitrogens with one attached hydrogen (secondary N) is 1. The summed E-state index contributed by atoms with van der Waals surface area (Å²) in [6.45, 7) is 6.32. The highest BCUT2D eigenvalue weighted by atomic mass is 19.1. The number of halogens is 1. The third-order valence-corrected chi connectivity index (χ3v) is 5.51. The van der Waals surface area contributed by atoms with Gasteiger partial charge in [0.15, 0.2) is 0 Å². The Balaban J connectivity index is 1.33. The van der Waals surface area contributed by atoms with E-state index in [4.69, 9.17) is 4.74 Å². The van der Waals surface area contributed by atoms with Crippen molar-refractivity contribution in [2.24, 2.45) is 0 Å². The quantitative estimate of drug-likeness (QED) is 0.860. The number of benzene rings is 2. The number of morpholine rings is 1. The van der Waals surface area contributed by atoms with E-state index >= 15 is 0 Å². The first-order valence-corrected chi connectivity index (χ1v) is 10.1. The number of amides is 2. The van der Waals surface area contributed by atoms with Crippen molar-refractivity contribution in [2.45, 2.75) is 6.54 Å². The summed E-state index contributed by atoms with van der Waals surface area (Å²) in [5.74, 6) is -0.174. The molecule has 0 saturated carbocycles. The fourth-order valence-corrected chi connectivity index (χ4v) is 3.83. The van der Waals surface area contributed by atoms with Crippen molar-refractivity contribution in [2.75, 3.05) is 62.7 Å². The smallest absolute Gasteiger partial charge is 0.321 e. The Kier molecular flexibility index (Phi) is 6.27. The highest BCUT2D eigenvalue weighted by Gasteiger charge is 2.23. The van der Waals surface area contributed by atoms with E-state index in [1.807, 2.05) is 41.3 Å². The third-order valence-electron chi connectivity index (χ3n) is 5.51. The van der Waals surface area contributed by atoms with Gasteiger partial charge in [0.05, 0.1) is 24.6 Å². The van der Waals surface area contributed by atoms with Crippen molar-refractivity contribution in [3.63, 3.8) is 0 Å². The summed E-state index contributed by atoms with van der Waals surface area (Å²) in [5, 5.41) is 3.08. The van der Waals surface area contributed by atoms with Gasteiger partial charge in [-0.1, -0.05) is 30.3 Å². The molecule has 1 N–H and O–H groups in total. The molecule has 0 spiro atoms. The maximum absolute atomic E-state index is 13.9. The molecular formula is C22H27FN4O2. The fourth-order valence-electron chi connectivity index (χ4n) is 3.83. The molecule has 0 atom stereocenters. The van der Waals surface area contributed by atoms with Gasteiger partial charge in [0, 0.05) is 51.4 Å². The minimum absolute atomic E-state index is 0.0868. The van der Waals surface area contributed by atoms with Crippen LogP contribution in [0.5, 0.6) is 0 Å². The van der Waals surface area contributed by atoms with Crippen LogP contribution in [0.25, 0.3) is 0 Å². The number of rotatable bonds is 4. The molecule has 0 bridgehead atoms. The number of urea groups is 1. The van der Waals surface area contributed by atoms with Crippen LogP contribution in [0.4, 0.5) is 20.6 Å². The van der Waals surface area contributed by atoms with Crippen molar-refractivity contribution in [3.8, 4) is 0 Å². The Hall–Kier alpha value is -2.64. The maximum atomic E-state index is 13.9. The zero-order chi connectivity index (χ0) is 20.1. The van der Waals surface area contributed by atoms with Crippen molar-refractivity contribution < 1.29 is 13.9 Å². The standard InChI is InChI=1S/C22H27FN4O2/c23-19-6-2-1-5-18(19)17-25-9-11-27(12-10-25)22(28)24-20-7-3-4-8-21(20)26-13-15-29-16-14-26/h1-8H,9-17H2,(H,24,28). The van der Waals surface area contributed by atoms with Crippen LogP contribution < -0.4 is 10.2 Å². The Morgan fingerprint density at radius 3 is 2.38 bits per heavy atom. The Morgan fingerprint density at radius 1 is 0.931 bits per heavy atom. The first-order valence-electron chi connectivity index (χ1n) is 10.1. The molecule has 0 aromatic heterocycles. The normalized spacial score (nSPS) is 18.0. The number of anilines is 2. The summed E-state index contributed by atoms with van der Waals surface area (Å²) >= 11 is 0. The van der Waals surface area contributed by atoms with Gasteiger partial charge in [0.2, 0.25) is 0 Å². The Bertz CT molecular complexity index is 833. The first-order chi connectivity index (χ1) is 14.2. The Labute approximate surface area is 170 Å². The van der Waals surface area contributed by atoms with Crippen molar-refractivity contribution in [3.05, 3.63) is 59.9 Å². The highest BCUT2D eigenvalue weighted by molar-refractivity contribution is 5.93. The molecule has 2 aliphatic heterocycles. The largest absolute Gasteiger partial charge is 0.378 e. The lowest BCUT2D eigenvalue weighted by Gasteiger charge is -2.35. The third kappa shape index (κ3) is 4.86. The van der Waals surface area contributed by atoms with Gasteiger partial charge < -0.3 is 19.9 Å². The minimum atomic E-state index is -0.174. The van der Waals surface area contributed by atoms with Crippen LogP contribution in [-0.4, -0.2) is 68.3 Å². The molecule has 154 valence electrons. The van der Waals surface area contributed by atoms with Crippen molar-refractivity contribution in [1.29, 1.82) is 0 Å². The van der Waals surface area contributed by atoms with E-state index in [2.05, 4.69) is 15.1 Å². The summed E-state index contributed by atoms with van der Waals surface area (Å²) in [4.78, 5) is 19.1. The number of carbonyl (C=O) groups is 1. The number of ether oxygens (including phenoxy) is 1. The topological polar surface area (TPSA) is 48.1 Å². The molecule has 7 heteroatoms. The van der Waals surface area contributed by atoms with E-state index in [0.29, 0.717) is 38.4 Å². The molecular weight excluding hydrogens is 371 g/mol. The monoisotopic (exact) mass is 398 g/mol. The maximum Gasteiger partial charge on any atom is 0.321 e. The number of hydrogen-bond acceptors (Lipinski definition) is 4. The van der Waals surface area contributed by atoms with Crippen molar-refractivity contribution in [1.82, 2.24) is 9.80 Å². The molecule has 2 aromatic carbocycles. The van der Waals surface area contributed by atoms with Crippen LogP contribution >= 0.6 is 0 Å². The molecule has 2 fully saturated rings. The van der Waals surface area contributed by atoms with E-state index in [1.165, 1.54) is 6.07 Å². The fraction of sp³-hybridized carbons (Fsp3) is 0.409. The second kappa shape index (κ2) is 9.24. The van der Waals surface area contributed by atoms with Gasteiger partial charge in [-0.05, 0) is 18.2 Å². The van der Waals surface area contributed by atoms with Gasteiger partial charge in [0.1, 0.15) is 5.82 Å². The van der Waals surface area contributed by atoms with E-state index in [1.54, 1.807) is 6.07 Å². The molecule has 29 heavy (non-hydrogen) atoms. The summed E-state index contributed by atoms with van der Waals surface area (Å²) < 4.78 is 19.3.